The third kappa shape index (κ3) is 2.60. The Bertz CT molecular complexity index is 210. The first kappa shape index (κ1) is 8.69. The molecule has 11 heavy (non-hydrogen) atoms. The summed E-state index contributed by atoms with van der Waals surface area (Å²) in [6, 6.07) is 3.39. The molecule has 0 spiro atoms. The predicted molar refractivity (Wildman–Crippen MR) is 42.1 cm³/mol. The van der Waals surface area contributed by atoms with Crippen LogP contribution < -0.4 is 4.43 Å². The van der Waals surface area contributed by atoms with Crippen LogP contribution in [0.4, 0.5) is 0 Å². The van der Waals surface area contributed by atoms with Gasteiger partial charge in [-0.1, -0.05) is 0 Å². The van der Waals surface area contributed by atoms with Gasteiger partial charge in [-0.2, -0.15) is 0 Å². The fraction of sp³-hybridized carbons (Fsp3) is 0.200. The number of hydrogen-bond donors (Lipinski definition) is 2. The van der Waals surface area contributed by atoms with Crippen molar-refractivity contribution in [2.45, 2.75) is 0 Å². The molecular weight excluding hydrogens is 184 g/mol. The zero-order valence-electron chi connectivity index (χ0n) is 5.85. The largest absolute Gasteiger partial charge is 0.744 e. The Morgan fingerprint density at radius 1 is 1.55 bits per heavy atom. The maximum atomic E-state index is 8.95. The van der Waals surface area contributed by atoms with Crippen LogP contribution in [0.3, 0.4) is 0 Å². The quantitative estimate of drug-likeness (QED) is 0.671. The molecular formula is C5H8O4SSi. The van der Waals surface area contributed by atoms with Crippen LogP contribution in [0, 0.1) is 0 Å². The topological polar surface area (TPSA) is 58.9 Å². The van der Waals surface area contributed by atoms with Gasteiger partial charge in [0.15, 0.2) is 5.06 Å². The van der Waals surface area contributed by atoms with Crippen LogP contribution in [0.25, 0.3) is 0 Å². The average molecular weight is 192 g/mol. The highest BCUT2D eigenvalue weighted by atomic mass is 32.1. The summed E-state index contributed by atoms with van der Waals surface area (Å²) in [5.41, 5.74) is 0. The van der Waals surface area contributed by atoms with Gasteiger partial charge in [-0.3, -0.25) is 0 Å². The lowest BCUT2D eigenvalue weighted by atomic mass is 10.7. The lowest BCUT2D eigenvalue weighted by molar-refractivity contribution is 0.100. The van der Waals surface area contributed by atoms with E-state index in [9.17, 15) is 0 Å². The molecule has 0 bridgehead atoms. The van der Waals surface area contributed by atoms with Gasteiger partial charge in [-0.15, -0.1) is 11.3 Å². The Kier molecular flexibility index (Phi) is 2.63. The van der Waals surface area contributed by atoms with Crippen LogP contribution in [0.5, 0.6) is 5.06 Å². The highest BCUT2D eigenvalue weighted by molar-refractivity contribution is 7.12. The molecule has 0 amide bonds. The molecule has 0 aliphatic carbocycles. The molecule has 2 N–H and O–H groups in total. The van der Waals surface area contributed by atoms with E-state index < -0.39 is 9.05 Å². The Labute approximate surface area is 69.1 Å². The first-order chi connectivity index (χ1) is 5.14. The second kappa shape index (κ2) is 3.33. The lowest BCUT2D eigenvalue weighted by Gasteiger charge is -2.13. The molecule has 0 atom stereocenters. The van der Waals surface area contributed by atoms with Gasteiger partial charge in [0.25, 0.3) is 0 Å². The van der Waals surface area contributed by atoms with Crippen LogP contribution in [0.2, 0.25) is 0 Å². The van der Waals surface area contributed by atoms with E-state index in [1.54, 1.807) is 17.5 Å². The summed E-state index contributed by atoms with van der Waals surface area (Å²) < 4.78 is 9.08. The third-order valence-corrected chi connectivity index (χ3v) is 2.91. The van der Waals surface area contributed by atoms with Gasteiger partial charge in [0.05, 0.1) is 0 Å². The summed E-state index contributed by atoms with van der Waals surface area (Å²) in [7, 11) is -2.68. The summed E-state index contributed by atoms with van der Waals surface area (Å²) in [5.74, 6) is 0. The Hall–Kier alpha value is -0.403. The summed E-state index contributed by atoms with van der Waals surface area (Å²) in [6.45, 7) is 0. The molecule has 4 nitrogen and oxygen atoms in total. The van der Waals surface area contributed by atoms with E-state index in [4.69, 9.17) is 14.0 Å². The van der Waals surface area contributed by atoms with Crippen molar-refractivity contribution < 1.29 is 18.4 Å². The first-order valence-electron chi connectivity index (χ1n) is 2.86. The minimum absolute atomic E-state index is 0.448. The maximum Gasteiger partial charge on any atom is 0.744 e. The monoisotopic (exact) mass is 192 g/mol. The Morgan fingerprint density at radius 3 is 2.73 bits per heavy atom. The molecule has 0 aliphatic heterocycles. The molecule has 1 aromatic rings. The van der Waals surface area contributed by atoms with Gasteiger partial charge in [-0.05, 0) is 17.5 Å². The van der Waals surface area contributed by atoms with Gasteiger partial charge < -0.3 is 18.4 Å². The van der Waals surface area contributed by atoms with Gasteiger partial charge in [0.2, 0.25) is 0 Å². The lowest BCUT2D eigenvalue weighted by Crippen LogP contribution is -2.44. The van der Waals surface area contributed by atoms with Crippen molar-refractivity contribution in [1.82, 2.24) is 0 Å². The highest BCUT2D eigenvalue weighted by Crippen LogP contribution is 2.20. The molecule has 0 saturated heterocycles. The first-order valence-corrected chi connectivity index (χ1v) is 5.45. The van der Waals surface area contributed by atoms with Crippen molar-refractivity contribution in [1.29, 1.82) is 0 Å². The molecule has 0 saturated carbocycles. The molecule has 0 unspecified atom stereocenters. The van der Waals surface area contributed by atoms with Crippen molar-refractivity contribution in [3.8, 4) is 5.06 Å². The van der Waals surface area contributed by atoms with Crippen molar-refractivity contribution in [2.75, 3.05) is 7.11 Å². The van der Waals surface area contributed by atoms with Gasteiger partial charge in [-0.25, -0.2) is 0 Å². The minimum atomic E-state index is -3.87. The summed E-state index contributed by atoms with van der Waals surface area (Å²) >= 11 is 1.28. The zero-order valence-corrected chi connectivity index (χ0v) is 7.67. The second-order valence-electron chi connectivity index (χ2n) is 1.79. The molecule has 62 valence electrons. The van der Waals surface area contributed by atoms with Crippen LogP contribution in [0.15, 0.2) is 17.5 Å². The Balaban J connectivity index is 2.56. The average Bonchev–Trinajstić information content (AvgIpc) is 2.39. The van der Waals surface area contributed by atoms with Crippen LogP contribution in [-0.2, 0) is 4.43 Å². The van der Waals surface area contributed by atoms with Gasteiger partial charge >= 0.3 is 9.05 Å². The summed E-state index contributed by atoms with van der Waals surface area (Å²) in [4.78, 5) is 17.9. The fourth-order valence-corrected chi connectivity index (χ4v) is 1.87. The van der Waals surface area contributed by atoms with Crippen LogP contribution in [-0.4, -0.2) is 25.7 Å². The minimum Gasteiger partial charge on any atom is -0.471 e. The van der Waals surface area contributed by atoms with Crippen LogP contribution >= 0.6 is 11.3 Å². The number of rotatable bonds is 3. The van der Waals surface area contributed by atoms with Crippen LogP contribution in [0.1, 0.15) is 0 Å². The van der Waals surface area contributed by atoms with Crippen molar-refractivity contribution >= 4 is 20.4 Å². The molecule has 0 radical (unpaired) electrons. The predicted octanol–water partition coefficient (Wildman–Crippen LogP) is 0.194. The van der Waals surface area contributed by atoms with Crippen molar-refractivity contribution in [3.05, 3.63) is 17.5 Å². The van der Waals surface area contributed by atoms with E-state index in [2.05, 4.69) is 4.43 Å². The number of hydrogen-bond acceptors (Lipinski definition) is 5. The molecule has 1 rings (SSSR count). The molecule has 0 aliphatic rings. The van der Waals surface area contributed by atoms with Gasteiger partial charge in [0, 0.05) is 7.11 Å². The molecule has 1 aromatic heterocycles. The molecule has 0 aromatic carbocycles. The number of thiophene rings is 1. The standard InChI is InChI=1S/C5H8O4SSi/c1-8-11(6,7)9-5-3-2-4-10-5/h2-4,6-7H,1H3. The summed E-state index contributed by atoms with van der Waals surface area (Å²) in [6.07, 6.45) is 0. The Morgan fingerprint density at radius 2 is 2.27 bits per heavy atom. The van der Waals surface area contributed by atoms with E-state index in [-0.39, 0.29) is 0 Å². The maximum absolute atomic E-state index is 8.95. The van der Waals surface area contributed by atoms with Crippen molar-refractivity contribution in [2.24, 2.45) is 0 Å². The van der Waals surface area contributed by atoms with E-state index in [0.717, 1.165) is 0 Å². The normalized spacial score (nSPS) is 11.5. The molecule has 0 fully saturated rings. The molecule has 6 heteroatoms. The van der Waals surface area contributed by atoms with E-state index in [1.807, 2.05) is 0 Å². The highest BCUT2D eigenvalue weighted by Gasteiger charge is 2.37. The van der Waals surface area contributed by atoms with Gasteiger partial charge in [0.1, 0.15) is 0 Å². The van der Waals surface area contributed by atoms with Crippen molar-refractivity contribution in [3.63, 3.8) is 0 Å². The fourth-order valence-electron chi connectivity index (χ4n) is 0.494. The zero-order chi connectivity index (χ0) is 8.32. The van der Waals surface area contributed by atoms with E-state index in [1.165, 1.54) is 18.4 Å². The van der Waals surface area contributed by atoms with E-state index in [0.29, 0.717) is 5.06 Å². The van der Waals surface area contributed by atoms with E-state index >= 15 is 0 Å². The molecule has 1 heterocycles. The second-order valence-corrected chi connectivity index (χ2v) is 4.41. The third-order valence-electron chi connectivity index (χ3n) is 0.995. The smallest absolute Gasteiger partial charge is 0.471 e. The SMILES string of the molecule is CO[Si](O)(O)Oc1cccs1. The summed E-state index contributed by atoms with van der Waals surface area (Å²) in [5, 5.41) is 2.22.